The summed E-state index contributed by atoms with van der Waals surface area (Å²) in [6.45, 7) is 10.8. The Hall–Kier alpha value is -1.49. The van der Waals surface area contributed by atoms with Crippen molar-refractivity contribution in [2.75, 3.05) is 6.54 Å². The van der Waals surface area contributed by atoms with Crippen LogP contribution in [0.25, 0.3) is 0 Å². The van der Waals surface area contributed by atoms with Gasteiger partial charge in [-0.25, -0.2) is 4.79 Å². The van der Waals surface area contributed by atoms with Crippen LogP contribution in [0.2, 0.25) is 0 Å². The maximum atomic E-state index is 11.7. The fraction of sp³-hybridized carbons (Fsp3) is 0.667. The molecule has 0 spiro atoms. The minimum absolute atomic E-state index is 0.0425. The monoisotopic (exact) mass is 282 g/mol. The number of rotatable bonds is 6. The van der Waals surface area contributed by atoms with Gasteiger partial charge < -0.3 is 19.8 Å². The first kappa shape index (κ1) is 16.6. The van der Waals surface area contributed by atoms with E-state index in [0.717, 1.165) is 17.9 Å². The third-order valence-corrected chi connectivity index (χ3v) is 2.70. The first-order valence-corrected chi connectivity index (χ1v) is 7.05. The van der Waals surface area contributed by atoms with E-state index in [1.807, 2.05) is 46.8 Å². The lowest BCUT2D eigenvalue weighted by atomic mass is 10.2. The van der Waals surface area contributed by atoms with Crippen molar-refractivity contribution in [3.8, 4) is 0 Å². The predicted molar refractivity (Wildman–Crippen MR) is 78.6 cm³/mol. The van der Waals surface area contributed by atoms with Crippen LogP contribution in [0.1, 0.15) is 45.6 Å². The second-order valence-electron chi connectivity index (χ2n) is 5.89. The summed E-state index contributed by atoms with van der Waals surface area (Å²) in [4.78, 5) is 11.7. The molecule has 1 rings (SSSR count). The number of hydrogen-bond acceptors (Lipinski definition) is 4. The van der Waals surface area contributed by atoms with E-state index in [0.29, 0.717) is 13.1 Å². The topological polar surface area (TPSA) is 63.5 Å². The minimum atomic E-state index is -0.471. The molecule has 1 aromatic rings. The van der Waals surface area contributed by atoms with Crippen molar-refractivity contribution in [3.63, 3.8) is 0 Å². The predicted octanol–water partition coefficient (Wildman–Crippen LogP) is 2.98. The van der Waals surface area contributed by atoms with Gasteiger partial charge in [-0.05, 0) is 46.2 Å². The molecule has 20 heavy (non-hydrogen) atoms. The largest absolute Gasteiger partial charge is 0.465 e. The number of ether oxygens (including phenoxy) is 1. The second kappa shape index (κ2) is 7.33. The van der Waals surface area contributed by atoms with Crippen LogP contribution in [0.5, 0.6) is 0 Å². The highest BCUT2D eigenvalue weighted by Crippen LogP contribution is 2.07. The first-order valence-electron chi connectivity index (χ1n) is 7.05. The van der Waals surface area contributed by atoms with Gasteiger partial charge in [0, 0.05) is 12.6 Å². The summed E-state index contributed by atoms with van der Waals surface area (Å²) in [5.74, 6) is 1.80. The molecule has 0 fully saturated rings. The molecular formula is C15H26N2O3. The Morgan fingerprint density at radius 2 is 2.10 bits per heavy atom. The summed E-state index contributed by atoms with van der Waals surface area (Å²) >= 11 is 0. The zero-order chi connectivity index (χ0) is 15.2. The Kier molecular flexibility index (Phi) is 6.07. The summed E-state index contributed by atoms with van der Waals surface area (Å²) in [5, 5.41) is 6.13. The Balaban J connectivity index is 2.30. The second-order valence-corrected chi connectivity index (χ2v) is 5.89. The molecule has 114 valence electrons. The standard InChI is InChI=1S/C15H26N2O3/c1-6-12(17-14(18)20-15(3,4)5)9-16-10-13-8-7-11(2)19-13/h7-8,12,16H,6,9-10H2,1-5H3,(H,17,18). The van der Waals surface area contributed by atoms with Crippen molar-refractivity contribution < 1.29 is 13.9 Å². The molecule has 0 radical (unpaired) electrons. The fourth-order valence-electron chi connectivity index (χ4n) is 1.72. The van der Waals surface area contributed by atoms with Crippen molar-refractivity contribution in [2.45, 2.75) is 59.2 Å². The van der Waals surface area contributed by atoms with Crippen LogP contribution in [0.15, 0.2) is 16.5 Å². The molecule has 0 bridgehead atoms. The third-order valence-electron chi connectivity index (χ3n) is 2.70. The zero-order valence-corrected chi connectivity index (χ0v) is 13.1. The lowest BCUT2D eigenvalue weighted by molar-refractivity contribution is 0.0502. The van der Waals surface area contributed by atoms with Crippen LogP contribution in [0.3, 0.4) is 0 Å². The van der Waals surface area contributed by atoms with E-state index in [4.69, 9.17) is 9.15 Å². The van der Waals surface area contributed by atoms with Gasteiger partial charge in [-0.3, -0.25) is 0 Å². The fourth-order valence-corrected chi connectivity index (χ4v) is 1.72. The Morgan fingerprint density at radius 3 is 2.60 bits per heavy atom. The number of nitrogens with one attached hydrogen (secondary N) is 2. The number of alkyl carbamates (subject to hydrolysis) is 1. The van der Waals surface area contributed by atoms with Gasteiger partial charge in [-0.2, -0.15) is 0 Å². The molecule has 0 saturated heterocycles. The average Bonchev–Trinajstić information content (AvgIpc) is 2.71. The van der Waals surface area contributed by atoms with Crippen LogP contribution in [-0.4, -0.2) is 24.3 Å². The normalized spacial score (nSPS) is 13.1. The molecule has 2 N–H and O–H groups in total. The molecular weight excluding hydrogens is 256 g/mol. The van der Waals surface area contributed by atoms with Crippen molar-refractivity contribution in [1.82, 2.24) is 10.6 Å². The van der Waals surface area contributed by atoms with Crippen molar-refractivity contribution in [3.05, 3.63) is 23.7 Å². The van der Waals surface area contributed by atoms with E-state index in [-0.39, 0.29) is 12.1 Å². The molecule has 0 aliphatic carbocycles. The zero-order valence-electron chi connectivity index (χ0n) is 13.1. The van der Waals surface area contributed by atoms with Crippen LogP contribution in [-0.2, 0) is 11.3 Å². The van der Waals surface area contributed by atoms with Gasteiger partial charge in [0.25, 0.3) is 0 Å². The van der Waals surface area contributed by atoms with E-state index in [1.165, 1.54) is 0 Å². The molecule has 5 heteroatoms. The summed E-state index contributed by atoms with van der Waals surface area (Å²) < 4.78 is 10.7. The summed E-state index contributed by atoms with van der Waals surface area (Å²) in [6.07, 6.45) is 0.462. The molecule has 1 heterocycles. The molecule has 1 amide bonds. The molecule has 0 saturated carbocycles. The number of aryl methyl sites for hydroxylation is 1. The lowest BCUT2D eigenvalue weighted by Gasteiger charge is -2.23. The molecule has 1 atom stereocenters. The number of carbonyl (C=O) groups is 1. The van der Waals surface area contributed by atoms with Crippen molar-refractivity contribution in [2.24, 2.45) is 0 Å². The van der Waals surface area contributed by atoms with E-state index < -0.39 is 5.60 Å². The maximum Gasteiger partial charge on any atom is 0.407 e. The summed E-state index contributed by atoms with van der Waals surface area (Å²) in [5.41, 5.74) is -0.471. The van der Waals surface area contributed by atoms with Crippen LogP contribution < -0.4 is 10.6 Å². The summed E-state index contributed by atoms with van der Waals surface area (Å²) in [7, 11) is 0. The number of furan rings is 1. The van der Waals surface area contributed by atoms with Crippen LogP contribution in [0.4, 0.5) is 4.79 Å². The number of hydrogen-bond donors (Lipinski definition) is 2. The van der Waals surface area contributed by atoms with Crippen LogP contribution >= 0.6 is 0 Å². The SMILES string of the molecule is CCC(CNCc1ccc(C)o1)NC(=O)OC(C)(C)C. The quantitative estimate of drug-likeness (QED) is 0.842. The van der Waals surface area contributed by atoms with Gasteiger partial charge in [0.1, 0.15) is 17.1 Å². The Bertz CT molecular complexity index is 421. The van der Waals surface area contributed by atoms with Gasteiger partial charge in [0.05, 0.1) is 6.54 Å². The average molecular weight is 282 g/mol. The van der Waals surface area contributed by atoms with Gasteiger partial charge in [-0.15, -0.1) is 0 Å². The third kappa shape index (κ3) is 6.61. The highest BCUT2D eigenvalue weighted by Gasteiger charge is 2.18. The molecule has 1 unspecified atom stereocenters. The molecule has 5 nitrogen and oxygen atoms in total. The van der Waals surface area contributed by atoms with Crippen molar-refractivity contribution in [1.29, 1.82) is 0 Å². The highest BCUT2D eigenvalue weighted by molar-refractivity contribution is 5.68. The van der Waals surface area contributed by atoms with Crippen LogP contribution in [0, 0.1) is 6.92 Å². The lowest BCUT2D eigenvalue weighted by Crippen LogP contribution is -2.43. The maximum absolute atomic E-state index is 11.7. The first-order chi connectivity index (χ1) is 9.30. The number of amides is 1. The van der Waals surface area contributed by atoms with Gasteiger partial charge in [-0.1, -0.05) is 6.92 Å². The Morgan fingerprint density at radius 1 is 1.40 bits per heavy atom. The molecule has 0 aliphatic rings. The summed E-state index contributed by atoms with van der Waals surface area (Å²) in [6, 6.07) is 3.93. The number of carbonyl (C=O) groups excluding carboxylic acids is 1. The van der Waals surface area contributed by atoms with E-state index >= 15 is 0 Å². The van der Waals surface area contributed by atoms with Gasteiger partial charge in [0.15, 0.2) is 0 Å². The molecule has 0 aromatic carbocycles. The molecule has 1 aromatic heterocycles. The van der Waals surface area contributed by atoms with Crippen molar-refractivity contribution >= 4 is 6.09 Å². The van der Waals surface area contributed by atoms with Gasteiger partial charge in [0.2, 0.25) is 0 Å². The Labute approximate surface area is 121 Å². The van der Waals surface area contributed by atoms with Gasteiger partial charge >= 0.3 is 6.09 Å². The van der Waals surface area contributed by atoms with E-state index in [9.17, 15) is 4.79 Å². The highest BCUT2D eigenvalue weighted by atomic mass is 16.6. The van der Waals surface area contributed by atoms with E-state index in [2.05, 4.69) is 10.6 Å². The minimum Gasteiger partial charge on any atom is -0.465 e. The molecule has 0 aliphatic heterocycles. The smallest absolute Gasteiger partial charge is 0.407 e. The van der Waals surface area contributed by atoms with E-state index in [1.54, 1.807) is 0 Å².